The van der Waals surface area contributed by atoms with Gasteiger partial charge in [0.05, 0.1) is 23.2 Å². The first-order chi connectivity index (χ1) is 22.9. The molecule has 0 saturated heterocycles. The molecule has 4 aromatic rings. The standard InChI is InChI=1S/C34H37F6N7O2/c1-18-26-27(32(2,3)4)25(29(43-28(26)45-44-18)46(14-19-5-6-19)15-20-7-8-20)17-47(31-41-12-22(13-42-31)30(48)49)16-21-9-23(33(35,36)37)11-24(10-21)34(38,39)40/h9-13,19-20H,5-8,14-17H2,1-4H3,(H,48,49)(H,43,44,45). The number of aryl methyl sites for hydroxylation is 1. The number of rotatable bonds is 11. The number of aromatic nitrogens is 5. The second-order valence-electron chi connectivity index (χ2n) is 14.2. The van der Waals surface area contributed by atoms with E-state index in [1.807, 2.05) is 27.7 Å². The number of hydrogen-bond acceptors (Lipinski definition) is 7. The van der Waals surface area contributed by atoms with Crippen LogP contribution in [0.3, 0.4) is 0 Å². The van der Waals surface area contributed by atoms with Crippen molar-refractivity contribution in [2.75, 3.05) is 22.9 Å². The van der Waals surface area contributed by atoms with E-state index in [1.54, 1.807) is 0 Å². The number of nitrogens with one attached hydrogen (secondary N) is 1. The SMILES string of the molecule is Cc1[nH]nc2nc(N(CC3CC3)CC3CC3)c(CN(Cc3cc(C(F)(F)F)cc(C(F)(F)F)c3)c3ncc(C(=O)O)cn3)c(C(C)(C)C)c12. The number of halogens is 6. The highest BCUT2D eigenvalue weighted by Crippen LogP contribution is 2.43. The van der Waals surface area contributed by atoms with Crippen molar-refractivity contribution in [1.29, 1.82) is 0 Å². The van der Waals surface area contributed by atoms with E-state index in [9.17, 15) is 36.2 Å². The lowest BCUT2D eigenvalue weighted by Gasteiger charge is -2.34. The van der Waals surface area contributed by atoms with E-state index in [-0.39, 0.29) is 29.7 Å². The lowest BCUT2D eigenvalue weighted by atomic mass is 9.81. The molecule has 3 heterocycles. The average Bonchev–Trinajstić information content (AvgIpc) is 3.95. The van der Waals surface area contributed by atoms with Crippen LogP contribution in [-0.2, 0) is 30.9 Å². The normalized spacial score (nSPS) is 15.6. The number of carboxylic acids is 1. The minimum absolute atomic E-state index is 0.0503. The Morgan fingerprint density at radius 2 is 1.43 bits per heavy atom. The smallest absolute Gasteiger partial charge is 0.416 e. The maximum atomic E-state index is 13.9. The monoisotopic (exact) mass is 689 g/mol. The van der Waals surface area contributed by atoms with Crippen molar-refractivity contribution >= 4 is 28.8 Å². The first kappa shape index (κ1) is 34.4. The molecular formula is C34H37F6N7O2. The van der Waals surface area contributed by atoms with Crippen molar-refractivity contribution in [1.82, 2.24) is 25.1 Å². The van der Waals surface area contributed by atoms with Crippen molar-refractivity contribution in [3.05, 3.63) is 69.7 Å². The Labute approximate surface area is 278 Å². The molecule has 2 aliphatic rings. The zero-order valence-corrected chi connectivity index (χ0v) is 27.5. The number of pyridine rings is 1. The number of carbonyl (C=O) groups is 1. The second-order valence-corrected chi connectivity index (χ2v) is 14.2. The maximum absolute atomic E-state index is 13.9. The molecule has 49 heavy (non-hydrogen) atoms. The van der Waals surface area contributed by atoms with Gasteiger partial charge in [0.2, 0.25) is 5.95 Å². The van der Waals surface area contributed by atoms with Crippen LogP contribution in [0.25, 0.3) is 11.0 Å². The number of fused-ring (bicyclic) bond motifs is 1. The van der Waals surface area contributed by atoms with E-state index in [0.717, 1.165) is 73.4 Å². The third kappa shape index (κ3) is 7.75. The van der Waals surface area contributed by atoms with Crippen LogP contribution < -0.4 is 9.80 Å². The molecular weight excluding hydrogens is 652 g/mol. The topological polar surface area (TPSA) is 111 Å². The molecule has 2 aliphatic carbocycles. The van der Waals surface area contributed by atoms with Crippen LogP contribution in [-0.4, -0.2) is 49.3 Å². The molecule has 0 amide bonds. The molecule has 0 spiro atoms. The molecule has 1 aromatic carbocycles. The molecule has 9 nitrogen and oxygen atoms in total. The van der Waals surface area contributed by atoms with Gasteiger partial charge in [0, 0.05) is 48.7 Å². The molecule has 3 aromatic heterocycles. The van der Waals surface area contributed by atoms with E-state index in [2.05, 4.69) is 25.1 Å². The fraction of sp³-hybridized carbons (Fsp3) is 0.500. The summed E-state index contributed by atoms with van der Waals surface area (Å²) in [4.78, 5) is 28.8. The summed E-state index contributed by atoms with van der Waals surface area (Å²) in [5.74, 6) is 0.259. The van der Waals surface area contributed by atoms with Gasteiger partial charge in [0.1, 0.15) is 5.82 Å². The summed E-state index contributed by atoms with van der Waals surface area (Å²) in [6, 6.07) is 1.47. The van der Waals surface area contributed by atoms with Gasteiger partial charge in [-0.3, -0.25) is 5.10 Å². The minimum atomic E-state index is -5.03. The lowest BCUT2D eigenvalue weighted by molar-refractivity contribution is -0.143. The maximum Gasteiger partial charge on any atom is 0.416 e. The number of nitrogens with zero attached hydrogens (tertiary/aromatic N) is 6. The van der Waals surface area contributed by atoms with E-state index >= 15 is 0 Å². The Morgan fingerprint density at radius 3 is 1.90 bits per heavy atom. The summed E-state index contributed by atoms with van der Waals surface area (Å²) in [7, 11) is 0. The first-order valence-electron chi connectivity index (χ1n) is 16.1. The zero-order chi connectivity index (χ0) is 35.5. The van der Waals surface area contributed by atoms with Crippen LogP contribution in [0.1, 0.15) is 90.3 Å². The van der Waals surface area contributed by atoms with Crippen molar-refractivity contribution < 1.29 is 36.2 Å². The molecule has 15 heteroatoms. The molecule has 0 radical (unpaired) electrons. The molecule has 0 aliphatic heterocycles. The highest BCUT2D eigenvalue weighted by atomic mass is 19.4. The van der Waals surface area contributed by atoms with Crippen molar-refractivity contribution in [2.45, 2.75) is 84.2 Å². The van der Waals surface area contributed by atoms with Gasteiger partial charge in [-0.2, -0.15) is 31.4 Å². The Hall–Kier alpha value is -4.43. The largest absolute Gasteiger partial charge is 0.478 e. The fourth-order valence-electron chi connectivity index (χ4n) is 6.25. The van der Waals surface area contributed by atoms with Gasteiger partial charge in [0.25, 0.3) is 0 Å². The van der Waals surface area contributed by atoms with Gasteiger partial charge >= 0.3 is 18.3 Å². The molecule has 262 valence electrons. The molecule has 0 unspecified atom stereocenters. The third-order valence-corrected chi connectivity index (χ3v) is 8.90. The summed E-state index contributed by atoms with van der Waals surface area (Å²) >= 11 is 0. The van der Waals surface area contributed by atoms with E-state index < -0.39 is 41.4 Å². The predicted octanol–water partition coefficient (Wildman–Crippen LogP) is 7.92. The van der Waals surface area contributed by atoms with Gasteiger partial charge in [-0.05, 0) is 79.2 Å². The number of alkyl halides is 6. The number of carboxylic acid groups (broad SMARTS) is 1. The third-order valence-electron chi connectivity index (χ3n) is 8.90. The van der Waals surface area contributed by atoms with Crippen LogP contribution in [0.5, 0.6) is 0 Å². The number of H-pyrrole nitrogens is 1. The van der Waals surface area contributed by atoms with Gasteiger partial charge in [-0.1, -0.05) is 20.8 Å². The summed E-state index contributed by atoms with van der Waals surface area (Å²) in [6.45, 7) is 8.95. The van der Waals surface area contributed by atoms with Crippen LogP contribution in [0.15, 0.2) is 30.6 Å². The molecule has 6 rings (SSSR count). The quantitative estimate of drug-likeness (QED) is 0.153. The molecule has 0 atom stereocenters. The molecule has 0 bridgehead atoms. The van der Waals surface area contributed by atoms with Crippen molar-refractivity contribution in [3.8, 4) is 0 Å². The number of anilines is 2. The zero-order valence-electron chi connectivity index (χ0n) is 27.5. The summed E-state index contributed by atoms with van der Waals surface area (Å²) < 4.78 is 83.3. The molecule has 2 saturated carbocycles. The summed E-state index contributed by atoms with van der Waals surface area (Å²) in [6.07, 6.45) is -3.62. The lowest BCUT2D eigenvalue weighted by Crippen LogP contribution is -2.34. The van der Waals surface area contributed by atoms with Crippen LogP contribution in [0.2, 0.25) is 0 Å². The van der Waals surface area contributed by atoms with Gasteiger partial charge < -0.3 is 14.9 Å². The summed E-state index contributed by atoms with van der Waals surface area (Å²) in [5, 5.41) is 17.8. The van der Waals surface area contributed by atoms with E-state index in [1.165, 1.54) is 4.90 Å². The summed E-state index contributed by atoms with van der Waals surface area (Å²) in [5.41, 5.74) is -1.01. The van der Waals surface area contributed by atoms with E-state index in [0.29, 0.717) is 35.4 Å². The average molecular weight is 690 g/mol. The van der Waals surface area contributed by atoms with E-state index in [4.69, 9.17) is 4.98 Å². The van der Waals surface area contributed by atoms with Crippen molar-refractivity contribution in [3.63, 3.8) is 0 Å². The van der Waals surface area contributed by atoms with Crippen LogP contribution >= 0.6 is 0 Å². The highest BCUT2D eigenvalue weighted by Gasteiger charge is 2.38. The Balaban J connectivity index is 1.55. The number of aromatic carboxylic acids is 1. The Kier molecular flexibility index (Phi) is 8.76. The number of hydrogen-bond donors (Lipinski definition) is 2. The fourth-order valence-corrected chi connectivity index (χ4v) is 6.25. The Bertz CT molecular complexity index is 1810. The number of aromatic amines is 1. The van der Waals surface area contributed by atoms with Gasteiger partial charge in [-0.25, -0.2) is 19.7 Å². The first-order valence-corrected chi connectivity index (χ1v) is 16.1. The van der Waals surface area contributed by atoms with Crippen LogP contribution in [0.4, 0.5) is 38.1 Å². The highest BCUT2D eigenvalue weighted by molar-refractivity contribution is 5.87. The minimum Gasteiger partial charge on any atom is -0.478 e. The Morgan fingerprint density at radius 1 is 0.878 bits per heavy atom. The van der Waals surface area contributed by atoms with Gasteiger partial charge in [0.15, 0.2) is 5.65 Å². The second kappa shape index (κ2) is 12.5. The van der Waals surface area contributed by atoms with Crippen LogP contribution in [0, 0.1) is 18.8 Å². The predicted molar refractivity (Wildman–Crippen MR) is 170 cm³/mol. The molecule has 2 fully saturated rings. The van der Waals surface area contributed by atoms with Crippen molar-refractivity contribution in [2.24, 2.45) is 11.8 Å². The number of benzene rings is 1. The molecule has 2 N–H and O–H groups in total. The van der Waals surface area contributed by atoms with Gasteiger partial charge in [-0.15, -0.1) is 0 Å².